The summed E-state index contributed by atoms with van der Waals surface area (Å²) in [6.45, 7) is 4.02. The Morgan fingerprint density at radius 3 is 2.64 bits per heavy atom. The molecule has 2 heterocycles. The molecule has 1 aliphatic rings. The molecule has 1 N–H and O–H groups in total. The van der Waals surface area contributed by atoms with Gasteiger partial charge in [-0.3, -0.25) is 0 Å². The average molecular weight is 338 g/mol. The SMILES string of the molecule is CC(C)Oc1ccc(-n2nnc3cnc(NC4CCCC4)nc32)cc1. The third-order valence-electron chi connectivity index (χ3n) is 4.33. The van der Waals surface area contributed by atoms with Crippen molar-refractivity contribution < 1.29 is 4.74 Å². The van der Waals surface area contributed by atoms with Gasteiger partial charge in [0.1, 0.15) is 5.75 Å². The normalized spacial score (nSPS) is 15.2. The van der Waals surface area contributed by atoms with E-state index in [0.717, 1.165) is 11.4 Å². The number of anilines is 1. The van der Waals surface area contributed by atoms with E-state index in [1.54, 1.807) is 10.9 Å². The van der Waals surface area contributed by atoms with E-state index in [0.29, 0.717) is 23.2 Å². The number of ether oxygens (including phenoxy) is 1. The minimum absolute atomic E-state index is 0.148. The van der Waals surface area contributed by atoms with Crippen LogP contribution in [0, 0.1) is 0 Å². The van der Waals surface area contributed by atoms with Gasteiger partial charge in [-0.2, -0.15) is 9.67 Å². The number of fused-ring (bicyclic) bond motifs is 1. The molecule has 4 rings (SSSR count). The molecule has 0 saturated heterocycles. The second-order valence-corrected chi connectivity index (χ2v) is 6.69. The summed E-state index contributed by atoms with van der Waals surface area (Å²) in [5, 5.41) is 11.8. The van der Waals surface area contributed by atoms with Crippen molar-refractivity contribution in [2.45, 2.75) is 51.7 Å². The van der Waals surface area contributed by atoms with E-state index in [1.807, 2.05) is 38.1 Å². The van der Waals surface area contributed by atoms with Crippen molar-refractivity contribution in [3.8, 4) is 11.4 Å². The topological polar surface area (TPSA) is 77.8 Å². The monoisotopic (exact) mass is 338 g/mol. The van der Waals surface area contributed by atoms with Gasteiger partial charge in [0.2, 0.25) is 5.95 Å². The summed E-state index contributed by atoms with van der Waals surface area (Å²) in [7, 11) is 0. The molecule has 2 aromatic heterocycles. The van der Waals surface area contributed by atoms with E-state index in [4.69, 9.17) is 4.74 Å². The van der Waals surface area contributed by atoms with Crippen LogP contribution in [0.3, 0.4) is 0 Å². The Morgan fingerprint density at radius 2 is 1.92 bits per heavy atom. The van der Waals surface area contributed by atoms with E-state index in [2.05, 4.69) is 25.6 Å². The summed E-state index contributed by atoms with van der Waals surface area (Å²) in [6, 6.07) is 8.24. The molecule has 25 heavy (non-hydrogen) atoms. The highest BCUT2D eigenvalue weighted by Crippen LogP contribution is 2.22. The fourth-order valence-electron chi connectivity index (χ4n) is 3.16. The van der Waals surface area contributed by atoms with Crippen LogP contribution in [0.5, 0.6) is 5.75 Å². The van der Waals surface area contributed by atoms with Gasteiger partial charge >= 0.3 is 0 Å². The standard InChI is InChI=1S/C18H22N6O/c1-12(2)25-15-9-7-14(8-10-15)24-17-16(22-23-24)11-19-18(21-17)20-13-5-3-4-6-13/h7-13H,3-6H2,1-2H3,(H,19,20,21). The maximum atomic E-state index is 5.69. The van der Waals surface area contributed by atoms with Crippen LogP contribution in [0.25, 0.3) is 16.9 Å². The summed E-state index contributed by atoms with van der Waals surface area (Å²) < 4.78 is 7.42. The minimum atomic E-state index is 0.148. The zero-order valence-electron chi connectivity index (χ0n) is 14.5. The van der Waals surface area contributed by atoms with Crippen molar-refractivity contribution in [3.05, 3.63) is 30.5 Å². The maximum Gasteiger partial charge on any atom is 0.225 e. The zero-order valence-corrected chi connectivity index (χ0v) is 14.5. The van der Waals surface area contributed by atoms with E-state index < -0.39 is 0 Å². The first-order valence-corrected chi connectivity index (χ1v) is 8.81. The van der Waals surface area contributed by atoms with E-state index in [1.165, 1.54) is 25.7 Å². The molecule has 0 bridgehead atoms. The number of nitrogens with zero attached hydrogens (tertiary/aromatic N) is 5. The minimum Gasteiger partial charge on any atom is -0.491 e. The van der Waals surface area contributed by atoms with Gasteiger partial charge in [0.15, 0.2) is 11.2 Å². The molecule has 0 amide bonds. The van der Waals surface area contributed by atoms with Crippen LogP contribution in [-0.4, -0.2) is 37.1 Å². The van der Waals surface area contributed by atoms with Crippen LogP contribution in [-0.2, 0) is 0 Å². The molecule has 0 unspecified atom stereocenters. The largest absolute Gasteiger partial charge is 0.491 e. The van der Waals surface area contributed by atoms with Gasteiger partial charge in [-0.15, -0.1) is 5.10 Å². The van der Waals surface area contributed by atoms with Crippen molar-refractivity contribution in [1.29, 1.82) is 0 Å². The zero-order chi connectivity index (χ0) is 17.2. The van der Waals surface area contributed by atoms with E-state index in [-0.39, 0.29) is 6.10 Å². The Morgan fingerprint density at radius 1 is 1.16 bits per heavy atom. The molecule has 7 nitrogen and oxygen atoms in total. The molecule has 0 spiro atoms. The van der Waals surface area contributed by atoms with E-state index >= 15 is 0 Å². The van der Waals surface area contributed by atoms with Crippen LogP contribution in [0.15, 0.2) is 30.5 Å². The van der Waals surface area contributed by atoms with Gasteiger partial charge in [-0.25, -0.2) is 4.98 Å². The summed E-state index contributed by atoms with van der Waals surface area (Å²) >= 11 is 0. The van der Waals surface area contributed by atoms with Crippen molar-refractivity contribution >= 4 is 17.1 Å². The second-order valence-electron chi connectivity index (χ2n) is 6.69. The average Bonchev–Trinajstić information content (AvgIpc) is 3.24. The Bertz CT molecular complexity index is 852. The number of aromatic nitrogens is 5. The van der Waals surface area contributed by atoms with Crippen molar-refractivity contribution in [2.75, 3.05) is 5.32 Å². The third-order valence-corrected chi connectivity index (χ3v) is 4.33. The molecule has 0 radical (unpaired) electrons. The quantitative estimate of drug-likeness (QED) is 0.769. The fourth-order valence-corrected chi connectivity index (χ4v) is 3.16. The molecular weight excluding hydrogens is 316 g/mol. The Balaban J connectivity index is 1.62. The Hall–Kier alpha value is -2.70. The van der Waals surface area contributed by atoms with Crippen LogP contribution in [0.2, 0.25) is 0 Å². The number of nitrogens with one attached hydrogen (secondary N) is 1. The maximum absolute atomic E-state index is 5.69. The van der Waals surface area contributed by atoms with Crippen molar-refractivity contribution in [3.63, 3.8) is 0 Å². The molecule has 7 heteroatoms. The summed E-state index contributed by atoms with van der Waals surface area (Å²) in [4.78, 5) is 9.00. The first-order valence-electron chi connectivity index (χ1n) is 8.81. The lowest BCUT2D eigenvalue weighted by atomic mass is 10.2. The summed E-state index contributed by atoms with van der Waals surface area (Å²) in [6.07, 6.45) is 6.76. The molecule has 1 aromatic carbocycles. The highest BCUT2D eigenvalue weighted by Gasteiger charge is 2.17. The molecule has 1 fully saturated rings. The highest BCUT2D eigenvalue weighted by molar-refractivity contribution is 5.72. The smallest absolute Gasteiger partial charge is 0.225 e. The Kier molecular flexibility index (Phi) is 4.21. The van der Waals surface area contributed by atoms with Gasteiger partial charge in [0, 0.05) is 6.04 Å². The second kappa shape index (κ2) is 6.66. The lowest BCUT2D eigenvalue weighted by Crippen LogP contribution is -2.16. The Labute approximate surface area is 146 Å². The first-order chi connectivity index (χ1) is 12.2. The third kappa shape index (κ3) is 3.40. The van der Waals surface area contributed by atoms with Gasteiger partial charge < -0.3 is 10.1 Å². The molecular formula is C18H22N6O. The molecule has 0 atom stereocenters. The van der Waals surface area contributed by atoms with Gasteiger partial charge in [-0.1, -0.05) is 18.1 Å². The van der Waals surface area contributed by atoms with Crippen molar-refractivity contribution in [2.24, 2.45) is 0 Å². The van der Waals surface area contributed by atoms with Crippen LogP contribution in [0.4, 0.5) is 5.95 Å². The predicted octanol–water partition coefficient (Wildman–Crippen LogP) is 3.35. The fraction of sp³-hybridized carbons (Fsp3) is 0.444. The van der Waals surface area contributed by atoms with Gasteiger partial charge in [0.05, 0.1) is 18.0 Å². The number of hydrogen-bond donors (Lipinski definition) is 1. The summed E-state index contributed by atoms with van der Waals surface area (Å²) in [5.74, 6) is 1.48. The highest BCUT2D eigenvalue weighted by atomic mass is 16.5. The first kappa shape index (κ1) is 15.8. The molecule has 3 aromatic rings. The number of benzene rings is 1. The van der Waals surface area contributed by atoms with Crippen molar-refractivity contribution in [1.82, 2.24) is 25.0 Å². The van der Waals surface area contributed by atoms with Gasteiger partial charge in [0.25, 0.3) is 0 Å². The molecule has 0 aliphatic heterocycles. The molecule has 130 valence electrons. The van der Waals surface area contributed by atoms with Gasteiger partial charge in [-0.05, 0) is 51.0 Å². The van der Waals surface area contributed by atoms with Crippen LogP contribution >= 0.6 is 0 Å². The lowest BCUT2D eigenvalue weighted by molar-refractivity contribution is 0.242. The number of rotatable bonds is 5. The van der Waals surface area contributed by atoms with Crippen LogP contribution < -0.4 is 10.1 Å². The van der Waals surface area contributed by atoms with E-state index in [9.17, 15) is 0 Å². The molecule has 1 saturated carbocycles. The lowest BCUT2D eigenvalue weighted by Gasteiger charge is -2.11. The summed E-state index contributed by atoms with van der Waals surface area (Å²) in [5.41, 5.74) is 2.27. The van der Waals surface area contributed by atoms with Crippen LogP contribution in [0.1, 0.15) is 39.5 Å². The predicted molar refractivity (Wildman–Crippen MR) is 96.1 cm³/mol. The number of hydrogen-bond acceptors (Lipinski definition) is 6. The molecule has 1 aliphatic carbocycles.